The van der Waals surface area contributed by atoms with Crippen molar-refractivity contribution in [3.8, 4) is 0 Å². The molecule has 0 aliphatic carbocycles. The van der Waals surface area contributed by atoms with Crippen LogP contribution in [0.3, 0.4) is 0 Å². The summed E-state index contributed by atoms with van der Waals surface area (Å²) < 4.78 is 5.47. The van der Waals surface area contributed by atoms with Crippen LogP contribution in [0.25, 0.3) is 0 Å². The fraction of sp³-hybridized carbons (Fsp3) is 0.609. The van der Waals surface area contributed by atoms with Crippen LogP contribution >= 0.6 is 0 Å². The molecule has 4 rings (SSSR count). The Balaban J connectivity index is 1.43. The molecule has 0 unspecified atom stereocenters. The summed E-state index contributed by atoms with van der Waals surface area (Å²) in [6, 6.07) is 9.60. The van der Waals surface area contributed by atoms with Gasteiger partial charge in [-0.15, -0.1) is 0 Å². The van der Waals surface area contributed by atoms with Crippen molar-refractivity contribution in [1.82, 2.24) is 14.7 Å². The number of rotatable bonds is 4. The third-order valence-corrected chi connectivity index (χ3v) is 6.69. The molecule has 1 aromatic carbocycles. The predicted octanol–water partition coefficient (Wildman–Crippen LogP) is 2.79. The smallest absolute Gasteiger partial charge is 0.410 e. The lowest BCUT2D eigenvalue weighted by Crippen LogP contribution is -2.66. The topological polar surface area (TPSA) is 70.2 Å². The van der Waals surface area contributed by atoms with Gasteiger partial charge in [0.2, 0.25) is 11.8 Å². The predicted molar refractivity (Wildman–Crippen MR) is 112 cm³/mol. The van der Waals surface area contributed by atoms with E-state index in [1.807, 2.05) is 40.1 Å². The molecule has 3 fully saturated rings. The van der Waals surface area contributed by atoms with Gasteiger partial charge in [0, 0.05) is 39.1 Å². The first-order valence-corrected chi connectivity index (χ1v) is 11.2. The van der Waals surface area contributed by atoms with Gasteiger partial charge < -0.3 is 19.4 Å². The van der Waals surface area contributed by atoms with Crippen LogP contribution in [-0.4, -0.2) is 70.9 Å². The van der Waals surface area contributed by atoms with Gasteiger partial charge in [0.15, 0.2) is 0 Å². The monoisotopic (exact) mass is 413 g/mol. The Morgan fingerprint density at radius 3 is 2.20 bits per heavy atom. The van der Waals surface area contributed by atoms with Crippen LogP contribution in [0, 0.1) is 0 Å². The van der Waals surface area contributed by atoms with Crippen molar-refractivity contribution in [1.29, 1.82) is 0 Å². The molecule has 3 heterocycles. The van der Waals surface area contributed by atoms with Gasteiger partial charge in [-0.2, -0.15) is 0 Å². The molecule has 0 spiro atoms. The lowest BCUT2D eigenvalue weighted by atomic mass is 9.82. The zero-order valence-corrected chi connectivity index (χ0v) is 17.6. The molecule has 3 aliphatic heterocycles. The fourth-order valence-electron chi connectivity index (χ4n) is 4.94. The molecule has 0 aromatic heterocycles. The van der Waals surface area contributed by atoms with Gasteiger partial charge in [-0.25, -0.2) is 4.79 Å². The van der Waals surface area contributed by atoms with E-state index in [-0.39, 0.29) is 24.5 Å². The first kappa shape index (κ1) is 20.7. The number of carbonyl (C=O) groups is 3. The summed E-state index contributed by atoms with van der Waals surface area (Å²) in [5.74, 6) is 0.154. The van der Waals surface area contributed by atoms with E-state index in [9.17, 15) is 14.4 Å². The van der Waals surface area contributed by atoms with Crippen molar-refractivity contribution < 1.29 is 19.1 Å². The molecule has 0 N–H and O–H groups in total. The highest BCUT2D eigenvalue weighted by atomic mass is 16.6. The number of hydrogen-bond donors (Lipinski definition) is 0. The molecule has 3 aliphatic rings. The molecule has 162 valence electrons. The number of hydrogen-bond acceptors (Lipinski definition) is 4. The molecule has 0 radical (unpaired) electrons. The SMILES string of the molecule is O=C(OCc1ccccc1)N1CCC(C(=O)N2CCCC2)(N2CCCCC2=O)CC1. The van der Waals surface area contributed by atoms with Crippen LogP contribution < -0.4 is 0 Å². The molecular weight excluding hydrogens is 382 g/mol. The molecule has 7 nitrogen and oxygen atoms in total. The zero-order valence-electron chi connectivity index (χ0n) is 17.6. The highest BCUT2D eigenvalue weighted by molar-refractivity contribution is 5.92. The van der Waals surface area contributed by atoms with Crippen LogP contribution in [0.4, 0.5) is 4.79 Å². The van der Waals surface area contributed by atoms with Crippen LogP contribution in [0.5, 0.6) is 0 Å². The van der Waals surface area contributed by atoms with Crippen molar-refractivity contribution in [3.05, 3.63) is 35.9 Å². The average molecular weight is 414 g/mol. The van der Waals surface area contributed by atoms with Gasteiger partial charge in [-0.3, -0.25) is 9.59 Å². The second-order valence-electron chi connectivity index (χ2n) is 8.56. The Hall–Kier alpha value is -2.57. The number of nitrogens with zero attached hydrogens (tertiary/aromatic N) is 3. The maximum Gasteiger partial charge on any atom is 0.410 e. The Labute approximate surface area is 177 Å². The summed E-state index contributed by atoms with van der Waals surface area (Å²) in [7, 11) is 0. The van der Waals surface area contributed by atoms with Crippen molar-refractivity contribution in [2.75, 3.05) is 32.7 Å². The summed E-state index contributed by atoms with van der Waals surface area (Å²) in [6.45, 7) is 3.26. The molecule has 0 bridgehead atoms. The molecule has 7 heteroatoms. The summed E-state index contributed by atoms with van der Waals surface area (Å²) in [5, 5.41) is 0. The minimum Gasteiger partial charge on any atom is -0.445 e. The van der Waals surface area contributed by atoms with Gasteiger partial charge in [0.05, 0.1) is 0 Å². The molecule has 3 saturated heterocycles. The molecule has 0 saturated carbocycles. The average Bonchev–Trinajstić information content (AvgIpc) is 3.33. The Morgan fingerprint density at radius 1 is 0.867 bits per heavy atom. The van der Waals surface area contributed by atoms with E-state index in [0.717, 1.165) is 44.3 Å². The highest BCUT2D eigenvalue weighted by Gasteiger charge is 2.51. The molecule has 3 amide bonds. The molecule has 30 heavy (non-hydrogen) atoms. The lowest BCUT2D eigenvalue weighted by Gasteiger charge is -2.49. The fourth-order valence-corrected chi connectivity index (χ4v) is 4.94. The molecule has 1 aromatic rings. The van der Waals surface area contributed by atoms with Crippen molar-refractivity contribution in [2.45, 2.75) is 57.1 Å². The minimum absolute atomic E-state index is 0.0764. The largest absolute Gasteiger partial charge is 0.445 e. The quantitative estimate of drug-likeness (QED) is 0.761. The number of likely N-dealkylation sites (tertiary alicyclic amines) is 3. The second kappa shape index (κ2) is 9.06. The molecular formula is C23H31N3O4. The maximum absolute atomic E-state index is 13.6. The Morgan fingerprint density at radius 2 is 1.53 bits per heavy atom. The minimum atomic E-state index is -0.807. The highest BCUT2D eigenvalue weighted by Crippen LogP contribution is 2.35. The van der Waals surface area contributed by atoms with Crippen molar-refractivity contribution in [2.24, 2.45) is 0 Å². The number of benzene rings is 1. The van der Waals surface area contributed by atoms with Gasteiger partial charge in [-0.1, -0.05) is 30.3 Å². The zero-order chi connectivity index (χ0) is 21.0. The van der Waals surface area contributed by atoms with Crippen LogP contribution in [0.1, 0.15) is 50.5 Å². The standard InChI is InChI=1S/C23H31N3O4/c27-20-10-4-5-15-26(20)23(21(28)24-13-6-7-14-24)11-16-25(17-12-23)22(29)30-18-19-8-2-1-3-9-19/h1-3,8-9H,4-7,10-18H2. The van der Waals surface area contributed by atoms with Gasteiger partial charge in [0.25, 0.3) is 0 Å². The first-order chi connectivity index (χ1) is 14.6. The number of piperidine rings is 2. The number of amides is 3. The van der Waals surface area contributed by atoms with E-state index in [1.165, 1.54) is 0 Å². The summed E-state index contributed by atoms with van der Waals surface area (Å²) in [6.07, 6.45) is 4.98. The molecule has 0 atom stereocenters. The van der Waals surface area contributed by atoms with Gasteiger partial charge in [-0.05, 0) is 44.1 Å². The normalized spacial score (nSPS) is 21.6. The summed E-state index contributed by atoms with van der Waals surface area (Å²) in [5.41, 5.74) is 0.137. The number of ether oxygens (including phenoxy) is 1. The van der Waals surface area contributed by atoms with Crippen LogP contribution in [0.2, 0.25) is 0 Å². The van der Waals surface area contributed by atoms with Gasteiger partial charge >= 0.3 is 6.09 Å². The first-order valence-electron chi connectivity index (χ1n) is 11.2. The number of carbonyl (C=O) groups excluding carboxylic acids is 3. The third-order valence-electron chi connectivity index (χ3n) is 6.69. The third kappa shape index (κ3) is 4.16. The van der Waals surface area contributed by atoms with Gasteiger partial charge in [0.1, 0.15) is 12.1 Å². The summed E-state index contributed by atoms with van der Waals surface area (Å²) >= 11 is 0. The van der Waals surface area contributed by atoms with E-state index >= 15 is 0 Å². The summed E-state index contributed by atoms with van der Waals surface area (Å²) in [4.78, 5) is 44.3. The van der Waals surface area contributed by atoms with E-state index in [0.29, 0.717) is 38.9 Å². The van der Waals surface area contributed by atoms with E-state index in [2.05, 4.69) is 0 Å². The second-order valence-corrected chi connectivity index (χ2v) is 8.56. The van der Waals surface area contributed by atoms with E-state index in [4.69, 9.17) is 4.74 Å². The van der Waals surface area contributed by atoms with E-state index < -0.39 is 5.54 Å². The van der Waals surface area contributed by atoms with Crippen molar-refractivity contribution >= 4 is 17.9 Å². The maximum atomic E-state index is 13.6. The van der Waals surface area contributed by atoms with Crippen molar-refractivity contribution in [3.63, 3.8) is 0 Å². The Kier molecular flexibility index (Phi) is 6.25. The lowest BCUT2D eigenvalue weighted by molar-refractivity contribution is -0.159. The Bertz CT molecular complexity index is 768. The van der Waals surface area contributed by atoms with Crippen LogP contribution in [0.15, 0.2) is 30.3 Å². The van der Waals surface area contributed by atoms with Crippen LogP contribution in [-0.2, 0) is 20.9 Å². The van der Waals surface area contributed by atoms with E-state index in [1.54, 1.807) is 4.90 Å².